The van der Waals surface area contributed by atoms with E-state index in [1.165, 1.54) is 44.9 Å². The fourth-order valence-corrected chi connectivity index (χ4v) is 9.02. The lowest BCUT2D eigenvalue weighted by Crippen LogP contribution is -2.60. The van der Waals surface area contributed by atoms with E-state index in [-0.39, 0.29) is 28.5 Å². The van der Waals surface area contributed by atoms with Gasteiger partial charge in [0.05, 0.1) is 5.60 Å². The van der Waals surface area contributed by atoms with E-state index in [4.69, 9.17) is 9.47 Å². The predicted molar refractivity (Wildman–Crippen MR) is 147 cm³/mol. The van der Waals surface area contributed by atoms with Crippen LogP contribution in [0, 0.1) is 40.4 Å². The monoisotopic (exact) mass is 504 g/mol. The molecule has 5 aliphatic rings. The number of Topliss-reactive ketones (excluding diaryl/α,β-unsaturated/α-hetero) is 1. The molecular formula is C32H56O4. The van der Waals surface area contributed by atoms with Gasteiger partial charge in [0.15, 0.2) is 0 Å². The van der Waals surface area contributed by atoms with Crippen LogP contribution in [-0.2, 0) is 19.1 Å². The van der Waals surface area contributed by atoms with Crippen molar-refractivity contribution in [3.63, 3.8) is 0 Å². The summed E-state index contributed by atoms with van der Waals surface area (Å²) in [5.41, 5.74) is 0.272. The number of ketones is 1. The van der Waals surface area contributed by atoms with Gasteiger partial charge in [0, 0.05) is 32.3 Å². The Morgan fingerprint density at radius 1 is 0.944 bits per heavy atom. The minimum atomic E-state index is -0.163. The molecule has 5 rings (SSSR count). The Morgan fingerprint density at radius 2 is 1.61 bits per heavy atom. The van der Waals surface area contributed by atoms with Crippen molar-refractivity contribution in [1.29, 1.82) is 0 Å². The molecule has 0 aromatic rings. The molecule has 5 unspecified atom stereocenters. The van der Waals surface area contributed by atoms with Gasteiger partial charge in [0.25, 0.3) is 0 Å². The average molecular weight is 505 g/mol. The molecule has 0 aromatic heterocycles. The number of ether oxygens (including phenoxy) is 2. The third kappa shape index (κ3) is 5.19. The van der Waals surface area contributed by atoms with Crippen LogP contribution >= 0.6 is 0 Å². The van der Waals surface area contributed by atoms with Crippen molar-refractivity contribution in [2.75, 3.05) is 6.61 Å². The molecule has 0 aliphatic heterocycles. The van der Waals surface area contributed by atoms with E-state index in [1.54, 1.807) is 6.92 Å². The van der Waals surface area contributed by atoms with Crippen LogP contribution in [0.3, 0.4) is 0 Å². The Morgan fingerprint density at radius 3 is 2.22 bits per heavy atom. The van der Waals surface area contributed by atoms with Crippen molar-refractivity contribution < 1.29 is 19.1 Å². The Kier molecular flexibility index (Phi) is 9.78. The maximum atomic E-state index is 12.3. The summed E-state index contributed by atoms with van der Waals surface area (Å²) < 4.78 is 12.8. The second-order valence-electron chi connectivity index (χ2n) is 12.8. The molecular weight excluding hydrogens is 448 g/mol. The highest BCUT2D eigenvalue weighted by molar-refractivity contribution is 5.79. The highest BCUT2D eigenvalue weighted by Gasteiger charge is 2.66. The van der Waals surface area contributed by atoms with Crippen LogP contribution in [0.2, 0.25) is 0 Å². The molecule has 5 saturated carbocycles. The Bertz CT molecular complexity index is 759. The van der Waals surface area contributed by atoms with E-state index >= 15 is 0 Å². The first-order chi connectivity index (χ1) is 17.2. The van der Waals surface area contributed by atoms with Crippen molar-refractivity contribution in [2.24, 2.45) is 40.4 Å². The molecule has 0 spiro atoms. The van der Waals surface area contributed by atoms with E-state index < -0.39 is 0 Å². The number of hydrogen-bond acceptors (Lipinski definition) is 4. The summed E-state index contributed by atoms with van der Waals surface area (Å²) in [5, 5.41) is 0. The van der Waals surface area contributed by atoms with Gasteiger partial charge < -0.3 is 9.47 Å². The van der Waals surface area contributed by atoms with Crippen molar-refractivity contribution in [2.45, 2.75) is 144 Å². The summed E-state index contributed by atoms with van der Waals surface area (Å²) in [6, 6.07) is 0. The van der Waals surface area contributed by atoms with E-state index in [0.29, 0.717) is 35.9 Å². The lowest BCUT2D eigenvalue weighted by Gasteiger charge is -2.62. The van der Waals surface area contributed by atoms with E-state index in [1.807, 2.05) is 27.7 Å². The SMILES string of the molecule is CC.CC.CC(=O)O[C@H]1CC2CC(=O)CC[C@]2(C)C2CC[C@@]3(C)C(CCC3(C)OCCC3CCC3)C21. The van der Waals surface area contributed by atoms with Crippen LogP contribution in [0.4, 0.5) is 0 Å². The van der Waals surface area contributed by atoms with Gasteiger partial charge in [0.1, 0.15) is 11.9 Å². The van der Waals surface area contributed by atoms with Crippen molar-refractivity contribution in [3.05, 3.63) is 0 Å². The number of hydrogen-bond donors (Lipinski definition) is 0. The zero-order valence-corrected chi connectivity index (χ0v) is 24.8. The smallest absolute Gasteiger partial charge is 0.302 e. The molecule has 0 N–H and O–H groups in total. The lowest BCUT2D eigenvalue weighted by atomic mass is 9.44. The molecule has 0 aromatic carbocycles. The van der Waals surface area contributed by atoms with Crippen molar-refractivity contribution in [3.8, 4) is 0 Å². The number of fused-ring (bicyclic) bond motifs is 5. The second kappa shape index (κ2) is 11.9. The third-order valence-corrected chi connectivity index (χ3v) is 11.5. The number of rotatable bonds is 5. The topological polar surface area (TPSA) is 52.6 Å². The summed E-state index contributed by atoms with van der Waals surface area (Å²) in [7, 11) is 0. The first kappa shape index (κ1) is 29.7. The summed E-state index contributed by atoms with van der Waals surface area (Å²) in [6.07, 6.45) is 13.3. The Labute approximate surface area is 222 Å². The molecule has 0 radical (unpaired) electrons. The van der Waals surface area contributed by atoms with E-state index in [2.05, 4.69) is 20.8 Å². The van der Waals surface area contributed by atoms with Crippen molar-refractivity contribution >= 4 is 11.8 Å². The van der Waals surface area contributed by atoms with Crippen LogP contribution in [-0.4, -0.2) is 30.1 Å². The molecule has 4 heteroatoms. The number of esters is 1. The molecule has 5 aliphatic carbocycles. The van der Waals surface area contributed by atoms with Crippen LogP contribution < -0.4 is 0 Å². The van der Waals surface area contributed by atoms with E-state index in [9.17, 15) is 9.59 Å². The zero-order chi connectivity index (χ0) is 26.7. The van der Waals surface area contributed by atoms with Crippen LogP contribution in [0.25, 0.3) is 0 Å². The lowest BCUT2D eigenvalue weighted by molar-refractivity contribution is -0.204. The standard InChI is InChI=1S/C28H44O4.2C2H6/c1-18(29)32-24-17-20-16-21(30)8-12-26(20,2)22-9-13-27(3)23(25(22)24)10-14-28(27,4)31-15-11-19-6-5-7-19;2*1-2/h19-20,22-25H,5-17H2,1-4H3;2*1-2H3/t20?,22?,23?,24-,25?,26-,27-,28?;;/m0../s1. The summed E-state index contributed by atoms with van der Waals surface area (Å²) in [5.74, 6) is 2.99. The molecule has 36 heavy (non-hydrogen) atoms. The molecule has 0 amide bonds. The molecule has 5 fully saturated rings. The van der Waals surface area contributed by atoms with Gasteiger partial charge in [-0.05, 0) is 86.4 Å². The first-order valence-corrected chi connectivity index (χ1v) is 15.5. The molecule has 0 bridgehead atoms. The number of carbonyl (C=O) groups excluding carboxylic acids is 2. The number of carbonyl (C=O) groups is 2. The molecule has 208 valence electrons. The maximum Gasteiger partial charge on any atom is 0.302 e. The largest absolute Gasteiger partial charge is 0.462 e. The van der Waals surface area contributed by atoms with Crippen LogP contribution in [0.5, 0.6) is 0 Å². The van der Waals surface area contributed by atoms with Crippen molar-refractivity contribution in [1.82, 2.24) is 0 Å². The fraction of sp³-hybridized carbons (Fsp3) is 0.938. The minimum Gasteiger partial charge on any atom is -0.462 e. The normalized spacial score (nSPS) is 43.3. The van der Waals surface area contributed by atoms with Gasteiger partial charge in [-0.15, -0.1) is 0 Å². The van der Waals surface area contributed by atoms with Gasteiger partial charge in [-0.25, -0.2) is 0 Å². The van der Waals surface area contributed by atoms with Gasteiger partial charge in [-0.1, -0.05) is 60.8 Å². The highest BCUT2D eigenvalue weighted by Crippen LogP contribution is 2.69. The minimum absolute atomic E-state index is 0.0385. The summed E-state index contributed by atoms with van der Waals surface area (Å²) >= 11 is 0. The van der Waals surface area contributed by atoms with Crippen LogP contribution in [0.15, 0.2) is 0 Å². The predicted octanol–water partition coefficient (Wildman–Crippen LogP) is 8.16. The Balaban J connectivity index is 0.000000861. The maximum absolute atomic E-state index is 12.3. The van der Waals surface area contributed by atoms with Gasteiger partial charge in [-0.3, -0.25) is 9.59 Å². The Hall–Kier alpha value is -0.900. The fourth-order valence-electron chi connectivity index (χ4n) is 9.02. The quantitative estimate of drug-likeness (QED) is 0.354. The van der Waals surface area contributed by atoms with E-state index in [0.717, 1.165) is 38.2 Å². The summed E-state index contributed by atoms with van der Waals surface area (Å²) in [6.45, 7) is 17.8. The van der Waals surface area contributed by atoms with Crippen LogP contribution in [0.1, 0.15) is 132 Å². The molecule has 8 atom stereocenters. The third-order valence-electron chi connectivity index (χ3n) is 11.5. The molecule has 4 nitrogen and oxygen atoms in total. The first-order valence-electron chi connectivity index (χ1n) is 15.5. The van der Waals surface area contributed by atoms with Gasteiger partial charge in [-0.2, -0.15) is 0 Å². The van der Waals surface area contributed by atoms with Gasteiger partial charge in [0.2, 0.25) is 0 Å². The second-order valence-corrected chi connectivity index (χ2v) is 12.8. The average Bonchev–Trinajstić information content (AvgIpc) is 3.10. The summed E-state index contributed by atoms with van der Waals surface area (Å²) in [4.78, 5) is 24.4. The molecule has 0 heterocycles. The molecule has 0 saturated heterocycles. The van der Waals surface area contributed by atoms with Gasteiger partial charge >= 0.3 is 5.97 Å². The zero-order valence-electron chi connectivity index (χ0n) is 24.8. The highest BCUT2D eigenvalue weighted by atomic mass is 16.5.